The zero-order chi connectivity index (χ0) is 18.0. The van der Waals surface area contributed by atoms with Crippen LogP contribution in [0.3, 0.4) is 0 Å². The van der Waals surface area contributed by atoms with Crippen molar-refractivity contribution >= 4 is 34.1 Å². The average Bonchev–Trinajstić information content (AvgIpc) is 2.64. The van der Waals surface area contributed by atoms with Gasteiger partial charge in [0.2, 0.25) is 5.43 Å². The standard InChI is InChI=1S/C19H18ClN3O2/c1-3-22(14-8-6-5-7-9-14)19(25)17-18(24)15-12-13(20)10-11-16(15)23(4-2)21-17/h5-12H,3-4H2,1-2H3. The van der Waals surface area contributed by atoms with Crippen molar-refractivity contribution in [3.05, 3.63) is 69.5 Å². The number of fused-ring (bicyclic) bond motifs is 1. The van der Waals surface area contributed by atoms with Crippen LogP contribution in [-0.2, 0) is 6.54 Å². The summed E-state index contributed by atoms with van der Waals surface area (Å²) < 4.78 is 1.65. The maximum atomic E-state index is 13.0. The number of benzene rings is 2. The van der Waals surface area contributed by atoms with Crippen LogP contribution in [0.4, 0.5) is 5.69 Å². The predicted molar refractivity (Wildman–Crippen MR) is 100 cm³/mol. The van der Waals surface area contributed by atoms with Gasteiger partial charge < -0.3 is 4.90 Å². The number of nitrogens with zero attached hydrogens (tertiary/aromatic N) is 3. The molecule has 0 atom stereocenters. The van der Waals surface area contributed by atoms with Gasteiger partial charge in [0.25, 0.3) is 5.91 Å². The normalized spacial score (nSPS) is 10.8. The highest BCUT2D eigenvalue weighted by Gasteiger charge is 2.23. The Morgan fingerprint density at radius 2 is 1.88 bits per heavy atom. The van der Waals surface area contributed by atoms with E-state index < -0.39 is 11.3 Å². The van der Waals surface area contributed by atoms with Gasteiger partial charge in [-0.1, -0.05) is 29.8 Å². The quantitative estimate of drug-likeness (QED) is 0.716. The summed E-state index contributed by atoms with van der Waals surface area (Å²) in [5.74, 6) is -0.414. The van der Waals surface area contributed by atoms with Crippen LogP contribution in [0.2, 0.25) is 5.02 Å². The van der Waals surface area contributed by atoms with Crippen LogP contribution in [0, 0.1) is 0 Å². The molecule has 25 heavy (non-hydrogen) atoms. The number of rotatable bonds is 4. The predicted octanol–water partition coefficient (Wildman–Crippen LogP) is 3.74. The van der Waals surface area contributed by atoms with Crippen LogP contribution in [0.15, 0.2) is 53.3 Å². The molecule has 1 amide bonds. The van der Waals surface area contributed by atoms with Crippen molar-refractivity contribution in [2.24, 2.45) is 0 Å². The molecule has 0 N–H and O–H groups in total. The molecule has 0 aliphatic heterocycles. The molecule has 0 bridgehead atoms. The first-order valence-electron chi connectivity index (χ1n) is 8.14. The monoisotopic (exact) mass is 355 g/mol. The minimum Gasteiger partial charge on any atom is -0.307 e. The van der Waals surface area contributed by atoms with Crippen LogP contribution in [0.1, 0.15) is 24.3 Å². The number of hydrogen-bond donors (Lipinski definition) is 0. The maximum Gasteiger partial charge on any atom is 0.282 e. The number of anilines is 1. The lowest BCUT2D eigenvalue weighted by molar-refractivity contribution is 0.0980. The van der Waals surface area contributed by atoms with E-state index >= 15 is 0 Å². The number of aryl methyl sites for hydroxylation is 1. The summed E-state index contributed by atoms with van der Waals surface area (Å²) in [6, 6.07) is 14.3. The minimum absolute atomic E-state index is 0.0951. The Hall–Kier alpha value is -2.66. The summed E-state index contributed by atoms with van der Waals surface area (Å²) in [5, 5.41) is 5.16. The van der Waals surface area contributed by atoms with Crippen molar-refractivity contribution in [1.82, 2.24) is 9.78 Å². The average molecular weight is 356 g/mol. The van der Waals surface area contributed by atoms with Gasteiger partial charge in [-0.3, -0.25) is 14.3 Å². The Labute approximate surface area is 150 Å². The first kappa shape index (κ1) is 17.2. The molecule has 3 aromatic rings. The molecule has 0 saturated heterocycles. The molecule has 128 valence electrons. The summed E-state index contributed by atoms with van der Waals surface area (Å²) in [6.07, 6.45) is 0. The summed E-state index contributed by atoms with van der Waals surface area (Å²) in [4.78, 5) is 27.4. The van der Waals surface area contributed by atoms with Crippen molar-refractivity contribution in [3.63, 3.8) is 0 Å². The van der Waals surface area contributed by atoms with Crippen molar-refractivity contribution < 1.29 is 4.79 Å². The third kappa shape index (κ3) is 3.15. The van der Waals surface area contributed by atoms with E-state index in [4.69, 9.17) is 11.6 Å². The van der Waals surface area contributed by atoms with E-state index in [1.165, 1.54) is 0 Å². The van der Waals surface area contributed by atoms with Crippen LogP contribution in [0.5, 0.6) is 0 Å². The Kier molecular flexibility index (Phi) is 4.86. The summed E-state index contributed by atoms with van der Waals surface area (Å²) in [6.45, 7) is 4.75. The van der Waals surface area contributed by atoms with Gasteiger partial charge >= 0.3 is 0 Å². The molecule has 1 heterocycles. The van der Waals surface area contributed by atoms with E-state index in [1.54, 1.807) is 27.8 Å². The Bertz CT molecular complexity index is 983. The van der Waals surface area contributed by atoms with Gasteiger partial charge in [-0.25, -0.2) is 0 Å². The van der Waals surface area contributed by atoms with Gasteiger partial charge in [0, 0.05) is 23.8 Å². The number of carbonyl (C=O) groups excluding carboxylic acids is 1. The lowest BCUT2D eigenvalue weighted by Crippen LogP contribution is -2.36. The number of carbonyl (C=O) groups is 1. The zero-order valence-corrected chi connectivity index (χ0v) is 14.8. The zero-order valence-electron chi connectivity index (χ0n) is 14.1. The van der Waals surface area contributed by atoms with Gasteiger partial charge in [0.05, 0.1) is 10.9 Å². The topological polar surface area (TPSA) is 55.2 Å². The molecule has 0 saturated carbocycles. The third-order valence-corrected chi connectivity index (χ3v) is 4.28. The van der Waals surface area contributed by atoms with Crippen LogP contribution < -0.4 is 10.3 Å². The van der Waals surface area contributed by atoms with Crippen LogP contribution >= 0.6 is 11.6 Å². The first-order valence-corrected chi connectivity index (χ1v) is 8.52. The second kappa shape index (κ2) is 7.07. The summed E-state index contributed by atoms with van der Waals surface area (Å²) in [5.41, 5.74) is 0.894. The molecule has 0 aliphatic rings. The van der Waals surface area contributed by atoms with E-state index in [-0.39, 0.29) is 5.69 Å². The lowest BCUT2D eigenvalue weighted by atomic mass is 10.1. The Morgan fingerprint density at radius 3 is 2.52 bits per heavy atom. The fourth-order valence-electron chi connectivity index (χ4n) is 2.82. The second-order valence-corrected chi connectivity index (χ2v) is 5.98. The van der Waals surface area contributed by atoms with E-state index in [2.05, 4.69) is 5.10 Å². The molecule has 2 aromatic carbocycles. The number of halogens is 1. The molecule has 0 spiro atoms. The van der Waals surface area contributed by atoms with Crippen molar-refractivity contribution in [2.75, 3.05) is 11.4 Å². The van der Waals surface area contributed by atoms with Crippen molar-refractivity contribution in [2.45, 2.75) is 20.4 Å². The van der Waals surface area contributed by atoms with E-state index in [0.717, 1.165) is 5.69 Å². The van der Waals surface area contributed by atoms with Crippen molar-refractivity contribution in [3.8, 4) is 0 Å². The molecule has 0 unspecified atom stereocenters. The molecular formula is C19H18ClN3O2. The molecular weight excluding hydrogens is 338 g/mol. The largest absolute Gasteiger partial charge is 0.307 e. The molecule has 0 aliphatic carbocycles. The van der Waals surface area contributed by atoms with Crippen LogP contribution in [0.25, 0.3) is 10.9 Å². The smallest absolute Gasteiger partial charge is 0.282 e. The number of para-hydroxylation sites is 1. The van der Waals surface area contributed by atoms with E-state index in [1.807, 2.05) is 44.2 Å². The number of aromatic nitrogens is 2. The first-order chi connectivity index (χ1) is 12.1. The lowest BCUT2D eigenvalue weighted by Gasteiger charge is -2.21. The van der Waals surface area contributed by atoms with Gasteiger partial charge in [-0.05, 0) is 44.2 Å². The minimum atomic E-state index is -0.414. The Balaban J connectivity index is 2.19. The number of hydrogen-bond acceptors (Lipinski definition) is 3. The highest BCUT2D eigenvalue weighted by Crippen LogP contribution is 2.19. The summed E-state index contributed by atoms with van der Waals surface area (Å²) >= 11 is 6.04. The third-order valence-electron chi connectivity index (χ3n) is 4.05. The second-order valence-electron chi connectivity index (χ2n) is 5.54. The molecule has 5 nitrogen and oxygen atoms in total. The molecule has 6 heteroatoms. The van der Waals surface area contributed by atoms with Crippen molar-refractivity contribution in [1.29, 1.82) is 0 Å². The summed E-state index contributed by atoms with van der Waals surface area (Å²) in [7, 11) is 0. The molecule has 0 radical (unpaired) electrons. The highest BCUT2D eigenvalue weighted by atomic mass is 35.5. The van der Waals surface area contributed by atoms with E-state index in [0.29, 0.717) is 29.0 Å². The van der Waals surface area contributed by atoms with Gasteiger partial charge in [0.1, 0.15) is 0 Å². The maximum absolute atomic E-state index is 13.0. The highest BCUT2D eigenvalue weighted by molar-refractivity contribution is 6.31. The van der Waals surface area contributed by atoms with Gasteiger partial charge in [-0.2, -0.15) is 5.10 Å². The molecule has 1 aromatic heterocycles. The number of amides is 1. The van der Waals surface area contributed by atoms with Gasteiger partial charge in [-0.15, -0.1) is 0 Å². The Morgan fingerprint density at radius 1 is 1.16 bits per heavy atom. The van der Waals surface area contributed by atoms with Gasteiger partial charge in [0.15, 0.2) is 5.69 Å². The molecule has 0 fully saturated rings. The fourth-order valence-corrected chi connectivity index (χ4v) is 3.00. The van der Waals surface area contributed by atoms with Crippen LogP contribution in [-0.4, -0.2) is 22.2 Å². The molecule has 3 rings (SSSR count). The van der Waals surface area contributed by atoms with E-state index in [9.17, 15) is 9.59 Å². The SMILES string of the molecule is CCN(C(=O)c1nn(CC)c2ccc(Cl)cc2c1=O)c1ccccc1. The fraction of sp³-hybridized carbons (Fsp3) is 0.211.